The minimum absolute atomic E-state index is 0.102. The summed E-state index contributed by atoms with van der Waals surface area (Å²) in [5.74, 6) is 0.221. The zero-order valence-electron chi connectivity index (χ0n) is 9.35. The molecule has 3 N–H and O–H groups in total. The average Bonchev–Trinajstić information content (AvgIpc) is 2.28. The van der Waals surface area contributed by atoms with Crippen LogP contribution < -0.4 is 0 Å². The van der Waals surface area contributed by atoms with Gasteiger partial charge in [-0.25, -0.2) is 0 Å². The molecule has 17 heavy (non-hydrogen) atoms. The molecule has 1 atom stereocenters. The number of fused-ring (bicyclic) bond motifs is 3. The summed E-state index contributed by atoms with van der Waals surface area (Å²) < 4.78 is 0. The first-order valence-electron chi connectivity index (χ1n) is 5.79. The topological polar surface area (TPSA) is 60.7 Å². The quantitative estimate of drug-likeness (QED) is 0.639. The smallest absolute Gasteiger partial charge is 0.127 e. The van der Waals surface area contributed by atoms with Crippen LogP contribution in [0.25, 0.3) is 5.57 Å². The Kier molecular flexibility index (Phi) is 2.23. The highest BCUT2D eigenvalue weighted by Gasteiger charge is 2.25. The van der Waals surface area contributed by atoms with Crippen LogP contribution in [0.3, 0.4) is 0 Å². The molecule has 1 aromatic rings. The van der Waals surface area contributed by atoms with E-state index in [-0.39, 0.29) is 11.5 Å². The Labute approximate surface area is 99.3 Å². The molecule has 0 aromatic heterocycles. The van der Waals surface area contributed by atoms with Gasteiger partial charge in [0.25, 0.3) is 0 Å². The van der Waals surface area contributed by atoms with Crippen LogP contribution in [0.4, 0.5) is 0 Å². The molecule has 2 aliphatic carbocycles. The predicted molar refractivity (Wildman–Crippen MR) is 64.8 cm³/mol. The van der Waals surface area contributed by atoms with E-state index >= 15 is 0 Å². The Morgan fingerprint density at radius 2 is 1.94 bits per heavy atom. The normalized spacial score (nSPS) is 22.3. The van der Waals surface area contributed by atoms with Gasteiger partial charge in [-0.1, -0.05) is 12.2 Å². The summed E-state index contributed by atoms with van der Waals surface area (Å²) in [4.78, 5) is 0. The van der Waals surface area contributed by atoms with Gasteiger partial charge in [-0.15, -0.1) is 0 Å². The lowest BCUT2D eigenvalue weighted by molar-refractivity contribution is 0.224. The Hall–Kier alpha value is -1.74. The van der Waals surface area contributed by atoms with Gasteiger partial charge in [0.1, 0.15) is 11.5 Å². The monoisotopic (exact) mass is 230 g/mol. The van der Waals surface area contributed by atoms with Gasteiger partial charge in [-0.3, -0.25) is 0 Å². The molecule has 2 aliphatic rings. The van der Waals surface area contributed by atoms with E-state index in [1.165, 1.54) is 6.07 Å². The van der Waals surface area contributed by atoms with E-state index in [1.54, 1.807) is 6.07 Å². The van der Waals surface area contributed by atoms with E-state index in [4.69, 9.17) is 0 Å². The first-order chi connectivity index (χ1) is 8.15. The van der Waals surface area contributed by atoms with Crippen molar-refractivity contribution in [2.24, 2.45) is 0 Å². The maximum atomic E-state index is 9.95. The van der Waals surface area contributed by atoms with Crippen molar-refractivity contribution in [1.82, 2.24) is 0 Å². The van der Waals surface area contributed by atoms with Crippen LogP contribution >= 0.6 is 0 Å². The fourth-order valence-electron chi connectivity index (χ4n) is 2.69. The maximum absolute atomic E-state index is 9.95. The Morgan fingerprint density at radius 3 is 2.76 bits per heavy atom. The maximum Gasteiger partial charge on any atom is 0.127 e. The van der Waals surface area contributed by atoms with Crippen LogP contribution in [-0.2, 0) is 6.42 Å². The Balaban J connectivity index is 2.17. The number of hydrogen-bond acceptors (Lipinski definition) is 3. The number of aryl methyl sites for hydroxylation is 1. The van der Waals surface area contributed by atoms with E-state index in [9.17, 15) is 15.3 Å². The highest BCUT2D eigenvalue weighted by atomic mass is 16.3. The number of aliphatic hydroxyl groups excluding tert-OH is 1. The molecule has 0 saturated carbocycles. The molecular formula is C14H14O3. The van der Waals surface area contributed by atoms with Gasteiger partial charge in [-0.2, -0.15) is 0 Å². The lowest BCUT2D eigenvalue weighted by Crippen LogP contribution is -2.13. The highest BCUT2D eigenvalue weighted by molar-refractivity contribution is 5.86. The van der Waals surface area contributed by atoms with Crippen molar-refractivity contribution in [3.8, 4) is 11.5 Å². The minimum Gasteiger partial charge on any atom is -0.508 e. The highest BCUT2D eigenvalue weighted by Crippen LogP contribution is 2.43. The lowest BCUT2D eigenvalue weighted by atomic mass is 9.79. The summed E-state index contributed by atoms with van der Waals surface area (Å²) in [7, 11) is 0. The summed E-state index contributed by atoms with van der Waals surface area (Å²) in [5, 5.41) is 29.0. The van der Waals surface area contributed by atoms with Crippen molar-refractivity contribution in [1.29, 1.82) is 0 Å². The second kappa shape index (κ2) is 3.64. The van der Waals surface area contributed by atoms with Crippen LogP contribution in [0.2, 0.25) is 0 Å². The van der Waals surface area contributed by atoms with Gasteiger partial charge in [-0.05, 0) is 42.0 Å². The Bertz CT molecular complexity index is 541. The van der Waals surface area contributed by atoms with E-state index in [0.717, 1.165) is 35.1 Å². The molecule has 0 saturated heterocycles. The fourth-order valence-corrected chi connectivity index (χ4v) is 2.69. The van der Waals surface area contributed by atoms with Crippen LogP contribution in [0.5, 0.6) is 11.5 Å². The summed E-state index contributed by atoms with van der Waals surface area (Å²) in [6.45, 7) is 0. The van der Waals surface area contributed by atoms with Crippen molar-refractivity contribution in [2.45, 2.75) is 25.4 Å². The van der Waals surface area contributed by atoms with Crippen molar-refractivity contribution < 1.29 is 15.3 Å². The molecule has 3 rings (SSSR count). The molecule has 0 aliphatic heterocycles. The van der Waals surface area contributed by atoms with Gasteiger partial charge in [0.15, 0.2) is 0 Å². The molecular weight excluding hydrogens is 216 g/mol. The van der Waals surface area contributed by atoms with E-state index < -0.39 is 6.10 Å². The van der Waals surface area contributed by atoms with E-state index in [0.29, 0.717) is 6.42 Å². The molecule has 3 nitrogen and oxygen atoms in total. The second-order valence-electron chi connectivity index (χ2n) is 4.61. The molecule has 0 fully saturated rings. The third-order valence-corrected chi connectivity index (χ3v) is 3.42. The fraction of sp³-hybridized carbons (Fsp3) is 0.286. The molecule has 1 aromatic carbocycles. The van der Waals surface area contributed by atoms with Gasteiger partial charge in [0.2, 0.25) is 0 Å². The summed E-state index contributed by atoms with van der Waals surface area (Å²) in [5.41, 5.74) is 3.89. The molecule has 3 heteroatoms. The lowest BCUT2D eigenvalue weighted by Gasteiger charge is -2.27. The van der Waals surface area contributed by atoms with Gasteiger partial charge < -0.3 is 15.3 Å². The SMILES string of the molecule is Oc1cc(O)c2c(c1)CCC1=CC(O)CC=C12. The van der Waals surface area contributed by atoms with Crippen molar-refractivity contribution >= 4 is 5.57 Å². The number of hydrogen-bond donors (Lipinski definition) is 3. The zero-order chi connectivity index (χ0) is 12.0. The summed E-state index contributed by atoms with van der Waals surface area (Å²) in [6.07, 6.45) is 5.64. The summed E-state index contributed by atoms with van der Waals surface area (Å²) in [6, 6.07) is 3.07. The van der Waals surface area contributed by atoms with Gasteiger partial charge in [0, 0.05) is 11.6 Å². The number of benzene rings is 1. The van der Waals surface area contributed by atoms with E-state index in [1.807, 2.05) is 12.2 Å². The second-order valence-corrected chi connectivity index (χ2v) is 4.61. The van der Waals surface area contributed by atoms with Crippen molar-refractivity contribution in [2.75, 3.05) is 0 Å². The number of rotatable bonds is 0. The van der Waals surface area contributed by atoms with Gasteiger partial charge in [0.05, 0.1) is 6.10 Å². The van der Waals surface area contributed by atoms with Crippen LogP contribution in [-0.4, -0.2) is 21.4 Å². The molecule has 88 valence electrons. The minimum atomic E-state index is -0.408. The molecule has 0 bridgehead atoms. The third kappa shape index (κ3) is 1.63. The zero-order valence-corrected chi connectivity index (χ0v) is 9.35. The van der Waals surface area contributed by atoms with Crippen LogP contribution in [0.1, 0.15) is 24.0 Å². The number of aliphatic hydroxyl groups is 1. The number of phenolic OH excluding ortho intramolecular Hbond substituents is 2. The van der Waals surface area contributed by atoms with E-state index in [2.05, 4.69) is 0 Å². The number of aromatic hydroxyl groups is 2. The standard InChI is InChI=1S/C14H14O3/c15-10-3-4-12-8(5-10)1-2-9-6-11(16)7-13(17)14(9)12/h4-7,10,15-17H,1-3H2. The van der Waals surface area contributed by atoms with Crippen LogP contribution in [0.15, 0.2) is 29.9 Å². The van der Waals surface area contributed by atoms with Crippen molar-refractivity contribution in [3.63, 3.8) is 0 Å². The molecule has 1 unspecified atom stereocenters. The largest absolute Gasteiger partial charge is 0.508 e. The molecule has 0 amide bonds. The molecule has 0 radical (unpaired) electrons. The summed E-state index contributed by atoms with van der Waals surface area (Å²) >= 11 is 0. The first kappa shape index (κ1) is 10.4. The third-order valence-electron chi connectivity index (χ3n) is 3.42. The predicted octanol–water partition coefficient (Wildman–Crippen LogP) is 2.12. The van der Waals surface area contributed by atoms with Crippen LogP contribution in [0, 0.1) is 0 Å². The number of allylic oxidation sites excluding steroid dienone is 2. The van der Waals surface area contributed by atoms with Crippen molar-refractivity contribution in [3.05, 3.63) is 41.0 Å². The van der Waals surface area contributed by atoms with Gasteiger partial charge >= 0.3 is 0 Å². The average molecular weight is 230 g/mol. The molecule has 0 heterocycles. The molecule has 0 spiro atoms. The Morgan fingerprint density at radius 1 is 1.12 bits per heavy atom. The first-order valence-corrected chi connectivity index (χ1v) is 5.79. The number of phenols is 2.